The molecule has 0 aromatic carbocycles. The van der Waals surface area contributed by atoms with Gasteiger partial charge in [-0.2, -0.15) is 0 Å². The van der Waals surface area contributed by atoms with E-state index in [0.29, 0.717) is 37.0 Å². The molecule has 22 nitrogen and oxygen atoms in total. The Morgan fingerprint density at radius 1 is 0.597 bits per heavy atom. The quantitative estimate of drug-likeness (QED) is 0.0783. The first-order valence-electron chi connectivity index (χ1n) is 28.3. The Morgan fingerprint density at radius 2 is 1.14 bits per heavy atom. The number of hydrogen-bond donors (Lipinski definition) is 14. The van der Waals surface area contributed by atoms with E-state index < -0.39 is 166 Å². The van der Waals surface area contributed by atoms with Gasteiger partial charge in [-0.25, -0.2) is 0 Å². The molecule has 0 bridgehead atoms. The first kappa shape index (κ1) is 61.9. The van der Waals surface area contributed by atoms with Crippen LogP contribution >= 0.6 is 0 Å². The summed E-state index contributed by atoms with van der Waals surface area (Å²) in [4.78, 5) is 0. The van der Waals surface area contributed by atoms with Crippen LogP contribution in [-0.4, -0.2) is 232 Å². The summed E-state index contributed by atoms with van der Waals surface area (Å²) in [6.45, 7) is 16.3. The second-order valence-corrected chi connectivity index (χ2v) is 26.2. The number of allylic oxidation sites excluding steroid dienone is 1. The van der Waals surface area contributed by atoms with Crippen molar-refractivity contribution >= 4 is 0 Å². The van der Waals surface area contributed by atoms with Crippen LogP contribution in [0, 0.1) is 51.2 Å². The molecule has 4 aliphatic carbocycles. The van der Waals surface area contributed by atoms with Crippen LogP contribution in [0.4, 0.5) is 0 Å². The number of hydrogen-bond acceptors (Lipinski definition) is 22. The van der Waals surface area contributed by atoms with Gasteiger partial charge in [0.05, 0.1) is 50.3 Å². The number of aliphatic hydroxyl groups is 14. The SMILES string of the molecule is C[C@@H]1[C@@H](O)[C@@H](OC[C@H]2O[C@@H](O[C@H](CC[C@@H](C)C3CC[C@@]4(C)C5CC=C6C(CC[C@H](O[C@@H]7O[C@H](CO)[C@@H](O)[C@H](O)[C@H]7O)C6(C)C)[C@]5(C)CC[C@]34C)C(C)(C)O)[C@H](O[C@@H]3O[C@H](CO)[C@@H](O)[C@H](O)[C@H]3O)[C@@H](O)[C@@H]2O)O[C@H](CO)[C@H]1O. The molecule has 4 saturated heterocycles. The molecule has 0 aromatic rings. The lowest BCUT2D eigenvalue weighted by molar-refractivity contribution is -0.380. The van der Waals surface area contributed by atoms with Gasteiger partial charge in [0.25, 0.3) is 0 Å². The maximum Gasteiger partial charge on any atom is 0.187 e. The molecule has 0 radical (unpaired) electrons. The van der Waals surface area contributed by atoms with Crippen molar-refractivity contribution in [3.05, 3.63) is 11.6 Å². The smallest absolute Gasteiger partial charge is 0.187 e. The Labute approximate surface area is 452 Å². The lowest BCUT2D eigenvalue weighted by Gasteiger charge is -2.66. The zero-order chi connectivity index (χ0) is 56.6. The molecule has 8 aliphatic rings. The van der Waals surface area contributed by atoms with E-state index in [-0.39, 0.29) is 28.3 Å². The number of rotatable bonds is 17. The van der Waals surface area contributed by atoms with Gasteiger partial charge >= 0.3 is 0 Å². The van der Waals surface area contributed by atoms with Crippen LogP contribution < -0.4 is 0 Å². The molecule has 0 aromatic heterocycles. The summed E-state index contributed by atoms with van der Waals surface area (Å²) < 4.78 is 48.4. The lowest BCUT2D eigenvalue weighted by atomic mass is 9.39. The fourth-order valence-electron chi connectivity index (χ4n) is 15.8. The summed E-state index contributed by atoms with van der Waals surface area (Å²) in [6.07, 6.45) is -20.1. The molecular weight excluding hydrogens is 1010 g/mol. The Morgan fingerprint density at radius 3 is 1.73 bits per heavy atom. The van der Waals surface area contributed by atoms with E-state index in [2.05, 4.69) is 47.6 Å². The first-order chi connectivity index (χ1) is 36.0. The van der Waals surface area contributed by atoms with Crippen LogP contribution in [0.5, 0.6) is 0 Å². The summed E-state index contributed by atoms with van der Waals surface area (Å²) in [5.74, 6) is 0.357. The van der Waals surface area contributed by atoms with E-state index in [1.165, 1.54) is 5.57 Å². The molecule has 7 fully saturated rings. The Bertz CT molecular complexity index is 1980. The minimum atomic E-state index is -1.89. The Hall–Kier alpha value is -1.14. The molecule has 4 heterocycles. The van der Waals surface area contributed by atoms with Gasteiger partial charge < -0.3 is 109 Å². The molecule has 29 atom stereocenters. The molecule has 3 unspecified atom stereocenters. The molecule has 0 amide bonds. The Kier molecular flexibility index (Phi) is 18.9. The largest absolute Gasteiger partial charge is 0.394 e. The minimum absolute atomic E-state index is 0.0110. The lowest BCUT2D eigenvalue weighted by Crippen LogP contribution is -2.65. The van der Waals surface area contributed by atoms with Crippen molar-refractivity contribution in [1.82, 2.24) is 0 Å². The third kappa shape index (κ3) is 11.1. The van der Waals surface area contributed by atoms with Crippen LogP contribution in [0.25, 0.3) is 0 Å². The third-order valence-corrected chi connectivity index (χ3v) is 21.1. The van der Waals surface area contributed by atoms with Crippen LogP contribution in [0.3, 0.4) is 0 Å². The van der Waals surface area contributed by atoms with E-state index in [4.69, 9.17) is 37.9 Å². The van der Waals surface area contributed by atoms with Crippen molar-refractivity contribution in [2.24, 2.45) is 51.2 Å². The molecule has 4 aliphatic heterocycles. The van der Waals surface area contributed by atoms with Crippen molar-refractivity contribution in [3.63, 3.8) is 0 Å². The third-order valence-electron chi connectivity index (χ3n) is 21.1. The van der Waals surface area contributed by atoms with E-state index in [0.717, 1.165) is 38.5 Å². The van der Waals surface area contributed by atoms with Crippen molar-refractivity contribution in [3.8, 4) is 0 Å². The van der Waals surface area contributed by atoms with Gasteiger partial charge in [-0.15, -0.1) is 0 Å². The van der Waals surface area contributed by atoms with Gasteiger partial charge in [0.15, 0.2) is 25.2 Å². The predicted octanol–water partition coefficient (Wildman–Crippen LogP) is -0.927. The second kappa shape index (κ2) is 23.5. The second-order valence-electron chi connectivity index (χ2n) is 26.2. The maximum atomic E-state index is 11.8. The van der Waals surface area contributed by atoms with Gasteiger partial charge in [-0.3, -0.25) is 0 Å². The zero-order valence-electron chi connectivity index (χ0n) is 46.3. The van der Waals surface area contributed by atoms with Crippen molar-refractivity contribution in [2.45, 2.75) is 255 Å². The first-order valence-corrected chi connectivity index (χ1v) is 28.3. The van der Waals surface area contributed by atoms with Crippen LogP contribution in [0.2, 0.25) is 0 Å². The van der Waals surface area contributed by atoms with E-state index in [1.807, 2.05) is 0 Å². The fraction of sp³-hybridized carbons (Fsp3) is 0.964. The van der Waals surface area contributed by atoms with Gasteiger partial charge in [0, 0.05) is 11.3 Å². The predicted molar refractivity (Wildman–Crippen MR) is 269 cm³/mol. The molecular formula is C55H94O22. The van der Waals surface area contributed by atoms with Gasteiger partial charge in [0.2, 0.25) is 0 Å². The van der Waals surface area contributed by atoms with Crippen molar-refractivity contribution < 1.29 is 109 Å². The summed E-state index contributed by atoms with van der Waals surface area (Å²) in [6, 6.07) is 0. The molecule has 3 saturated carbocycles. The molecule has 14 N–H and O–H groups in total. The minimum Gasteiger partial charge on any atom is -0.394 e. The van der Waals surface area contributed by atoms with Crippen LogP contribution in [-0.2, 0) is 37.9 Å². The average molecular weight is 1110 g/mol. The highest BCUT2D eigenvalue weighted by Gasteiger charge is 2.68. The molecule has 77 heavy (non-hydrogen) atoms. The highest BCUT2D eigenvalue weighted by molar-refractivity contribution is 5.30. The highest BCUT2D eigenvalue weighted by atomic mass is 16.8. The molecule has 22 heteroatoms. The average Bonchev–Trinajstić information content (AvgIpc) is 3.78. The molecule has 0 spiro atoms. The van der Waals surface area contributed by atoms with Crippen molar-refractivity contribution in [2.75, 3.05) is 26.4 Å². The summed E-state index contributed by atoms with van der Waals surface area (Å²) in [7, 11) is 0. The monoisotopic (exact) mass is 1110 g/mol. The van der Waals surface area contributed by atoms with Gasteiger partial charge in [-0.05, 0) is 112 Å². The van der Waals surface area contributed by atoms with Crippen molar-refractivity contribution in [1.29, 1.82) is 0 Å². The zero-order valence-corrected chi connectivity index (χ0v) is 46.3. The van der Waals surface area contributed by atoms with E-state index >= 15 is 0 Å². The standard InChI is InChI=1S/C55H94O22/c1-24(26-16-17-55(9)33-13-11-27-28(53(33,7)18-19-54(26,55)8)12-15-34(51(27,3)4)75-48-44(67)41(64)38(61)30(21-57)72-48)10-14-35(52(5,6)69)76-50-46(77-49-45(68)42(65)39(62)31(22-58)73-49)43(66)40(63)32(74-50)23-70-47-37(60)25(2)36(59)29(20-56)71-47/h11,24-26,28-50,56-69H,10,12-23H2,1-9H3/t24-,25+,26?,28?,29-,30-,31-,32-,33?,34+,35-,36+,37-,38-,39-,40-,41+,42+,43+,44-,45-,46-,47+,48+,49+,50+,53+,54-,55+/m1/s1. The van der Waals surface area contributed by atoms with Crippen LogP contribution in [0.1, 0.15) is 120 Å². The summed E-state index contributed by atoms with van der Waals surface area (Å²) in [5.41, 5.74) is -0.707. The topological polar surface area (TPSA) is 357 Å². The normalized spacial score (nSPS) is 51.0. The van der Waals surface area contributed by atoms with Crippen LogP contribution in [0.15, 0.2) is 11.6 Å². The Balaban J connectivity index is 0.973. The van der Waals surface area contributed by atoms with Gasteiger partial charge in [0.1, 0.15) is 85.5 Å². The number of ether oxygens (including phenoxy) is 8. The summed E-state index contributed by atoms with van der Waals surface area (Å²) >= 11 is 0. The maximum absolute atomic E-state index is 11.8. The van der Waals surface area contributed by atoms with E-state index in [9.17, 15) is 71.5 Å². The highest BCUT2D eigenvalue weighted by Crippen LogP contribution is 2.75. The molecule has 446 valence electrons. The van der Waals surface area contributed by atoms with E-state index in [1.54, 1.807) is 20.8 Å². The molecule has 8 rings (SSSR count). The number of fused-ring (bicyclic) bond motifs is 5. The number of aliphatic hydroxyl groups excluding tert-OH is 13. The summed E-state index contributed by atoms with van der Waals surface area (Å²) in [5, 5.41) is 150. The van der Waals surface area contributed by atoms with Gasteiger partial charge in [-0.1, -0.05) is 60.1 Å². The fourth-order valence-corrected chi connectivity index (χ4v) is 15.8.